The molecule has 1 N–H and O–H groups in total. The number of nitrogens with zero attached hydrogens (tertiary/aromatic N) is 1. The number of Topliss-reactive ketones (excluding diaryl/α,β-unsaturated/α-hetero) is 1. The molecule has 3 nitrogen and oxygen atoms in total. The fourth-order valence-electron chi connectivity index (χ4n) is 4.33. The average Bonchev–Trinajstić information content (AvgIpc) is 3.21. The van der Waals surface area contributed by atoms with Crippen molar-refractivity contribution < 1.29 is 9.18 Å². The number of ketones is 1. The Bertz CT molecular complexity index is 1090. The van der Waals surface area contributed by atoms with Gasteiger partial charge in [0.2, 0.25) is 0 Å². The number of carbonyl (C=O) groups is 1. The van der Waals surface area contributed by atoms with Crippen molar-refractivity contribution in [2.24, 2.45) is 0 Å². The molecule has 0 radical (unpaired) electrons. The van der Waals surface area contributed by atoms with Gasteiger partial charge in [0, 0.05) is 34.7 Å². The summed E-state index contributed by atoms with van der Waals surface area (Å²) in [7, 11) is 0. The summed E-state index contributed by atoms with van der Waals surface area (Å²) in [5, 5.41) is 5.58. The topological polar surface area (TPSA) is 32.3 Å². The second kappa shape index (κ2) is 7.48. The number of anilines is 2. The van der Waals surface area contributed by atoms with Gasteiger partial charge in [-0.2, -0.15) is 0 Å². The van der Waals surface area contributed by atoms with E-state index >= 15 is 0 Å². The van der Waals surface area contributed by atoms with Crippen molar-refractivity contribution in [1.82, 2.24) is 0 Å². The van der Waals surface area contributed by atoms with Gasteiger partial charge in [-0.05, 0) is 42.5 Å². The third kappa shape index (κ3) is 3.25. The van der Waals surface area contributed by atoms with Crippen LogP contribution >= 0.6 is 11.3 Å². The van der Waals surface area contributed by atoms with Crippen LogP contribution in [0.2, 0.25) is 0 Å². The minimum absolute atomic E-state index is 0.184. The van der Waals surface area contributed by atoms with E-state index in [2.05, 4.69) is 16.3 Å². The highest BCUT2D eigenvalue weighted by atomic mass is 32.1. The Hall–Kier alpha value is -2.92. The van der Waals surface area contributed by atoms with Gasteiger partial charge >= 0.3 is 0 Å². The molecular formula is C24H21FN2OS. The summed E-state index contributed by atoms with van der Waals surface area (Å²) in [6, 6.07) is 18.8. The second-order valence-corrected chi connectivity index (χ2v) is 8.43. The number of hydrogen-bond donors (Lipinski definition) is 1. The molecule has 0 saturated heterocycles. The predicted octanol–water partition coefficient (Wildman–Crippen LogP) is 6.07. The van der Waals surface area contributed by atoms with Crippen LogP contribution in [0.15, 0.2) is 77.3 Å². The molecule has 1 aliphatic carbocycles. The van der Waals surface area contributed by atoms with Gasteiger partial charge in [-0.25, -0.2) is 4.39 Å². The van der Waals surface area contributed by atoms with E-state index in [4.69, 9.17) is 0 Å². The molecule has 0 bridgehead atoms. The summed E-state index contributed by atoms with van der Waals surface area (Å²) in [6.07, 6.45) is 2.27. The fraction of sp³-hybridized carbons (Fsp3) is 0.208. The maximum Gasteiger partial charge on any atom is 0.163 e. The number of fused-ring (bicyclic) bond motifs is 1. The van der Waals surface area contributed by atoms with Gasteiger partial charge in [0.15, 0.2) is 5.78 Å². The molecule has 0 fully saturated rings. The number of rotatable bonds is 3. The summed E-state index contributed by atoms with van der Waals surface area (Å²) < 4.78 is 14.6. The van der Waals surface area contributed by atoms with Crippen LogP contribution in [0.1, 0.15) is 35.7 Å². The maximum atomic E-state index is 14.6. The zero-order chi connectivity index (χ0) is 19.8. The molecule has 5 heteroatoms. The Balaban J connectivity index is 1.73. The van der Waals surface area contributed by atoms with Crippen molar-refractivity contribution >= 4 is 28.5 Å². The third-order valence-corrected chi connectivity index (χ3v) is 6.58. The zero-order valence-corrected chi connectivity index (χ0v) is 16.7. The first-order valence-electron chi connectivity index (χ1n) is 9.88. The standard InChI is InChI=1S/C24H21FN2OS/c25-17-8-2-1-7-16(17)15-27-20-11-4-3-9-18(20)26-19-10-5-12-21(28)23(19)24(27)22-13-6-14-29-22/h1-4,6-9,11,13-14,24,26H,5,10,12,15H2/t24-/m1/s1. The van der Waals surface area contributed by atoms with E-state index in [1.54, 1.807) is 17.4 Å². The molecule has 5 rings (SSSR count). The maximum absolute atomic E-state index is 14.6. The lowest BCUT2D eigenvalue weighted by Gasteiger charge is -2.34. The van der Waals surface area contributed by atoms with E-state index in [0.717, 1.165) is 40.4 Å². The average molecular weight is 405 g/mol. The number of carbonyl (C=O) groups excluding carboxylic acids is 1. The molecule has 3 aromatic rings. The van der Waals surface area contributed by atoms with Gasteiger partial charge in [0.25, 0.3) is 0 Å². The lowest BCUT2D eigenvalue weighted by molar-refractivity contribution is -0.116. The van der Waals surface area contributed by atoms with Crippen molar-refractivity contribution in [3.05, 3.63) is 93.6 Å². The fourth-order valence-corrected chi connectivity index (χ4v) is 5.17. The summed E-state index contributed by atoms with van der Waals surface area (Å²) in [5.74, 6) is -0.0419. The number of hydrogen-bond acceptors (Lipinski definition) is 4. The highest BCUT2D eigenvalue weighted by Crippen LogP contribution is 2.46. The van der Waals surface area contributed by atoms with E-state index in [-0.39, 0.29) is 17.6 Å². The summed E-state index contributed by atoms with van der Waals surface area (Å²) >= 11 is 1.64. The van der Waals surface area contributed by atoms with Gasteiger partial charge < -0.3 is 10.2 Å². The molecule has 29 heavy (non-hydrogen) atoms. The Labute approximate surface area is 173 Å². The number of para-hydroxylation sites is 2. The van der Waals surface area contributed by atoms with Crippen LogP contribution in [0.4, 0.5) is 15.8 Å². The van der Waals surface area contributed by atoms with E-state index in [0.29, 0.717) is 18.5 Å². The predicted molar refractivity (Wildman–Crippen MR) is 116 cm³/mol. The van der Waals surface area contributed by atoms with Crippen molar-refractivity contribution in [2.75, 3.05) is 10.2 Å². The van der Waals surface area contributed by atoms with E-state index < -0.39 is 0 Å². The first kappa shape index (κ1) is 18.1. The normalized spacial score (nSPS) is 18.7. The summed E-state index contributed by atoms with van der Waals surface area (Å²) in [5.41, 5.74) is 4.40. The van der Waals surface area contributed by atoms with Gasteiger partial charge in [-0.15, -0.1) is 11.3 Å². The molecule has 2 aromatic carbocycles. The minimum Gasteiger partial charge on any atom is -0.357 e. The van der Waals surface area contributed by atoms with Crippen molar-refractivity contribution in [3.63, 3.8) is 0 Å². The Morgan fingerprint density at radius 1 is 1.03 bits per heavy atom. The molecule has 0 saturated carbocycles. The number of allylic oxidation sites excluding steroid dienone is 1. The minimum atomic E-state index is -0.228. The molecule has 1 aromatic heterocycles. The monoisotopic (exact) mass is 404 g/mol. The first-order chi connectivity index (χ1) is 14.2. The van der Waals surface area contributed by atoms with E-state index in [9.17, 15) is 9.18 Å². The molecular weight excluding hydrogens is 383 g/mol. The first-order valence-corrected chi connectivity index (χ1v) is 10.8. The van der Waals surface area contributed by atoms with Gasteiger partial charge in [-0.1, -0.05) is 36.4 Å². The highest BCUT2D eigenvalue weighted by Gasteiger charge is 2.37. The zero-order valence-electron chi connectivity index (χ0n) is 15.9. The van der Waals surface area contributed by atoms with E-state index in [1.807, 2.05) is 47.8 Å². The number of thiophene rings is 1. The van der Waals surface area contributed by atoms with Gasteiger partial charge in [0.05, 0.1) is 17.4 Å². The second-order valence-electron chi connectivity index (χ2n) is 7.45. The Kier molecular flexibility index (Phi) is 4.68. The van der Waals surface area contributed by atoms with Crippen LogP contribution in [-0.2, 0) is 11.3 Å². The molecule has 0 amide bonds. The van der Waals surface area contributed by atoms with Crippen LogP contribution in [0.5, 0.6) is 0 Å². The summed E-state index contributed by atoms with van der Waals surface area (Å²) in [4.78, 5) is 16.4. The van der Waals surface area contributed by atoms with Crippen LogP contribution in [0.3, 0.4) is 0 Å². The SMILES string of the molecule is O=C1CCCC2=C1[C@@H](c1cccs1)N(Cc1ccccc1F)c1ccccc1N2. The Morgan fingerprint density at radius 3 is 2.69 bits per heavy atom. The van der Waals surface area contributed by atoms with Crippen LogP contribution < -0.4 is 10.2 Å². The molecule has 2 aliphatic rings. The van der Waals surface area contributed by atoms with Crippen LogP contribution in [0, 0.1) is 5.82 Å². The van der Waals surface area contributed by atoms with Gasteiger partial charge in [-0.3, -0.25) is 4.79 Å². The van der Waals surface area contributed by atoms with Crippen LogP contribution in [-0.4, -0.2) is 5.78 Å². The largest absolute Gasteiger partial charge is 0.357 e. The lowest BCUT2D eigenvalue weighted by Crippen LogP contribution is -2.32. The molecule has 0 spiro atoms. The molecule has 0 unspecified atom stereocenters. The molecule has 146 valence electrons. The smallest absolute Gasteiger partial charge is 0.163 e. The van der Waals surface area contributed by atoms with Crippen molar-refractivity contribution in [2.45, 2.75) is 31.8 Å². The lowest BCUT2D eigenvalue weighted by atomic mass is 9.88. The number of nitrogens with one attached hydrogen (secondary N) is 1. The Morgan fingerprint density at radius 2 is 1.86 bits per heavy atom. The van der Waals surface area contributed by atoms with Crippen molar-refractivity contribution in [1.29, 1.82) is 0 Å². The molecule has 1 aliphatic heterocycles. The highest BCUT2D eigenvalue weighted by molar-refractivity contribution is 7.10. The molecule has 1 atom stereocenters. The third-order valence-electron chi connectivity index (χ3n) is 5.65. The summed E-state index contributed by atoms with van der Waals surface area (Å²) in [6.45, 7) is 0.387. The molecule has 2 heterocycles. The van der Waals surface area contributed by atoms with Crippen LogP contribution in [0.25, 0.3) is 0 Å². The number of halogens is 1. The van der Waals surface area contributed by atoms with Crippen molar-refractivity contribution in [3.8, 4) is 0 Å². The quantitative estimate of drug-likeness (QED) is 0.575. The van der Waals surface area contributed by atoms with Gasteiger partial charge in [0.1, 0.15) is 5.82 Å². The number of benzene rings is 2. The van der Waals surface area contributed by atoms with E-state index in [1.165, 1.54) is 6.07 Å².